The molecule has 1 rings (SSSR count). The number of esters is 1. The highest BCUT2D eigenvalue weighted by atomic mass is 16.6. The quantitative estimate of drug-likeness (QED) is 0.659. The Kier molecular flexibility index (Phi) is 2.78. The molecule has 0 aromatic carbocycles. The number of aliphatic carboxylic acids is 1. The van der Waals surface area contributed by atoms with Crippen LogP contribution in [-0.4, -0.2) is 33.4 Å². The van der Waals surface area contributed by atoms with Crippen molar-refractivity contribution in [2.45, 2.75) is 44.8 Å². The fourth-order valence-corrected chi connectivity index (χ4v) is 1.72. The van der Waals surface area contributed by atoms with Crippen LogP contribution in [0.3, 0.4) is 0 Å². The maximum absolute atomic E-state index is 11.5. The number of carboxylic acid groups (broad SMARTS) is 1. The van der Waals surface area contributed by atoms with Crippen LogP contribution in [0.2, 0.25) is 0 Å². The molecule has 0 spiro atoms. The molecule has 15 heavy (non-hydrogen) atoms. The van der Waals surface area contributed by atoms with Crippen LogP contribution in [0.15, 0.2) is 0 Å². The van der Waals surface area contributed by atoms with E-state index in [0.29, 0.717) is 0 Å². The Balaban J connectivity index is 2.99. The highest BCUT2D eigenvalue weighted by molar-refractivity contribution is 5.87. The molecule has 0 amide bonds. The van der Waals surface area contributed by atoms with E-state index in [2.05, 4.69) is 0 Å². The maximum Gasteiger partial charge on any atom is 0.348 e. The fourth-order valence-electron chi connectivity index (χ4n) is 1.72. The van der Waals surface area contributed by atoms with Gasteiger partial charge in [-0.25, -0.2) is 9.59 Å². The van der Waals surface area contributed by atoms with E-state index in [-0.39, 0.29) is 12.8 Å². The van der Waals surface area contributed by atoms with Crippen molar-refractivity contribution in [1.82, 2.24) is 0 Å². The van der Waals surface area contributed by atoms with Gasteiger partial charge in [-0.1, -0.05) is 13.8 Å². The topological polar surface area (TPSA) is 83.8 Å². The fraction of sp³-hybridized carbons (Fsp3) is 0.800. The number of hydrogen-bond acceptors (Lipinski definition) is 4. The standard InChI is InChI=1S/C10H16O5/c1-4-10(14)5-6(2)9(3,7(11)12)15-8(10)13/h6,14H,4-5H2,1-3H3,(H,11,12)/t6-,9+,10-/m1/s1. The molecule has 1 fully saturated rings. The summed E-state index contributed by atoms with van der Waals surface area (Å²) in [6.45, 7) is 4.67. The molecule has 5 nitrogen and oxygen atoms in total. The molecule has 1 saturated heterocycles. The minimum absolute atomic E-state index is 0.116. The number of carbonyl (C=O) groups excluding carboxylic acids is 1. The summed E-state index contributed by atoms with van der Waals surface area (Å²) in [4.78, 5) is 22.4. The number of rotatable bonds is 2. The first-order valence-corrected chi connectivity index (χ1v) is 4.95. The second kappa shape index (κ2) is 3.48. The van der Waals surface area contributed by atoms with Gasteiger partial charge in [0.1, 0.15) is 0 Å². The zero-order chi connectivity index (χ0) is 11.9. The Morgan fingerprint density at radius 2 is 2.20 bits per heavy atom. The van der Waals surface area contributed by atoms with Crippen LogP contribution < -0.4 is 0 Å². The molecule has 5 heteroatoms. The molecule has 0 radical (unpaired) electrons. The predicted molar refractivity (Wildman–Crippen MR) is 51.2 cm³/mol. The van der Waals surface area contributed by atoms with E-state index < -0.39 is 29.1 Å². The van der Waals surface area contributed by atoms with Crippen molar-refractivity contribution >= 4 is 11.9 Å². The van der Waals surface area contributed by atoms with Crippen molar-refractivity contribution < 1.29 is 24.5 Å². The summed E-state index contributed by atoms with van der Waals surface area (Å²) in [5.74, 6) is -2.44. The molecule has 1 heterocycles. The zero-order valence-electron chi connectivity index (χ0n) is 9.11. The van der Waals surface area contributed by atoms with Crippen LogP contribution in [0, 0.1) is 5.92 Å². The van der Waals surface area contributed by atoms with E-state index in [1.165, 1.54) is 6.92 Å². The van der Waals surface area contributed by atoms with Gasteiger partial charge >= 0.3 is 11.9 Å². The minimum Gasteiger partial charge on any atom is -0.478 e. The highest BCUT2D eigenvalue weighted by Crippen LogP contribution is 2.38. The van der Waals surface area contributed by atoms with Gasteiger partial charge < -0.3 is 14.9 Å². The van der Waals surface area contributed by atoms with Crippen molar-refractivity contribution in [2.75, 3.05) is 0 Å². The smallest absolute Gasteiger partial charge is 0.348 e. The molecule has 1 aliphatic heterocycles. The van der Waals surface area contributed by atoms with Crippen LogP contribution in [0.1, 0.15) is 33.6 Å². The largest absolute Gasteiger partial charge is 0.478 e. The third-order valence-electron chi connectivity index (χ3n) is 3.28. The molecule has 0 saturated carbocycles. The van der Waals surface area contributed by atoms with Crippen LogP contribution >= 0.6 is 0 Å². The summed E-state index contributed by atoms with van der Waals surface area (Å²) >= 11 is 0. The number of aliphatic hydroxyl groups is 1. The normalized spacial score (nSPS) is 41.1. The lowest BCUT2D eigenvalue weighted by atomic mass is 9.77. The SMILES string of the molecule is CC[C@@]1(O)C[C@@H](C)[C@@](C)(C(=O)O)OC1=O. The van der Waals surface area contributed by atoms with Crippen molar-refractivity contribution in [3.63, 3.8) is 0 Å². The molecule has 86 valence electrons. The molecule has 0 aromatic heterocycles. The average molecular weight is 216 g/mol. The number of carbonyl (C=O) groups is 2. The summed E-state index contributed by atoms with van der Waals surface area (Å²) < 4.78 is 4.87. The molecule has 0 aromatic rings. The summed E-state index contributed by atoms with van der Waals surface area (Å²) in [7, 11) is 0. The summed E-state index contributed by atoms with van der Waals surface area (Å²) in [5, 5.41) is 18.8. The first-order valence-electron chi connectivity index (χ1n) is 4.95. The first kappa shape index (κ1) is 12.0. The number of cyclic esters (lactones) is 1. The Bertz CT molecular complexity index is 300. The van der Waals surface area contributed by atoms with Crippen LogP contribution in [-0.2, 0) is 14.3 Å². The summed E-state index contributed by atoms with van der Waals surface area (Å²) in [6, 6.07) is 0. The number of hydrogen-bond donors (Lipinski definition) is 2. The van der Waals surface area contributed by atoms with Gasteiger partial charge in [-0.15, -0.1) is 0 Å². The van der Waals surface area contributed by atoms with Crippen molar-refractivity contribution in [3.05, 3.63) is 0 Å². The lowest BCUT2D eigenvalue weighted by Gasteiger charge is -2.42. The van der Waals surface area contributed by atoms with E-state index in [4.69, 9.17) is 9.84 Å². The van der Waals surface area contributed by atoms with Gasteiger partial charge in [-0.2, -0.15) is 0 Å². The highest BCUT2D eigenvalue weighted by Gasteiger charge is 2.54. The molecule has 0 bridgehead atoms. The van der Waals surface area contributed by atoms with E-state index >= 15 is 0 Å². The zero-order valence-corrected chi connectivity index (χ0v) is 9.11. The van der Waals surface area contributed by atoms with Gasteiger partial charge in [0.2, 0.25) is 5.60 Å². The first-order chi connectivity index (χ1) is 6.76. The Morgan fingerprint density at radius 1 is 1.67 bits per heavy atom. The Hall–Kier alpha value is -1.10. The van der Waals surface area contributed by atoms with E-state index in [1.807, 2.05) is 0 Å². The van der Waals surface area contributed by atoms with Crippen molar-refractivity contribution in [3.8, 4) is 0 Å². The molecule has 0 unspecified atom stereocenters. The van der Waals surface area contributed by atoms with Gasteiger partial charge in [0.15, 0.2) is 5.60 Å². The van der Waals surface area contributed by atoms with Gasteiger partial charge in [-0.05, 0) is 19.8 Å². The van der Waals surface area contributed by atoms with Crippen molar-refractivity contribution in [2.24, 2.45) is 5.92 Å². The van der Waals surface area contributed by atoms with Crippen LogP contribution in [0.4, 0.5) is 0 Å². The van der Waals surface area contributed by atoms with Gasteiger partial charge in [0.05, 0.1) is 0 Å². The predicted octanol–water partition coefficient (Wildman–Crippen LogP) is 0.554. The van der Waals surface area contributed by atoms with Gasteiger partial charge in [-0.3, -0.25) is 0 Å². The third kappa shape index (κ3) is 1.71. The lowest BCUT2D eigenvalue weighted by Crippen LogP contribution is -2.58. The monoisotopic (exact) mass is 216 g/mol. The number of carboxylic acids is 1. The minimum atomic E-state index is -1.53. The maximum atomic E-state index is 11.5. The van der Waals surface area contributed by atoms with E-state index in [0.717, 1.165) is 0 Å². The number of ether oxygens (including phenoxy) is 1. The molecule has 3 atom stereocenters. The van der Waals surface area contributed by atoms with E-state index in [9.17, 15) is 14.7 Å². The molecule has 1 aliphatic rings. The lowest BCUT2D eigenvalue weighted by molar-refractivity contribution is -0.214. The summed E-state index contributed by atoms with van der Waals surface area (Å²) in [5.41, 5.74) is -3.06. The molecular formula is C10H16O5. The van der Waals surface area contributed by atoms with Crippen LogP contribution in [0.25, 0.3) is 0 Å². The Morgan fingerprint density at radius 3 is 2.60 bits per heavy atom. The molecular weight excluding hydrogens is 200 g/mol. The Labute approximate surface area is 88.0 Å². The van der Waals surface area contributed by atoms with Gasteiger partial charge in [0.25, 0.3) is 0 Å². The van der Waals surface area contributed by atoms with E-state index in [1.54, 1.807) is 13.8 Å². The third-order valence-corrected chi connectivity index (χ3v) is 3.28. The summed E-state index contributed by atoms with van der Waals surface area (Å²) in [6.07, 6.45) is 0.344. The second-order valence-electron chi connectivity index (χ2n) is 4.29. The van der Waals surface area contributed by atoms with Crippen LogP contribution in [0.5, 0.6) is 0 Å². The second-order valence-corrected chi connectivity index (χ2v) is 4.29. The van der Waals surface area contributed by atoms with Crippen molar-refractivity contribution in [1.29, 1.82) is 0 Å². The molecule has 0 aliphatic carbocycles. The average Bonchev–Trinajstić information content (AvgIpc) is 2.14. The molecule has 2 N–H and O–H groups in total. The van der Waals surface area contributed by atoms with Gasteiger partial charge in [0, 0.05) is 5.92 Å².